The molecule has 0 amide bonds. The van der Waals surface area contributed by atoms with E-state index in [1.807, 2.05) is 0 Å². The van der Waals surface area contributed by atoms with Crippen LogP contribution in [-0.4, -0.2) is 30.3 Å². The van der Waals surface area contributed by atoms with Crippen LogP contribution in [0.25, 0.3) is 0 Å². The summed E-state index contributed by atoms with van der Waals surface area (Å²) in [6, 6.07) is 0. The molecule has 0 bridgehead atoms. The lowest BCUT2D eigenvalue weighted by molar-refractivity contribution is 0.258. The lowest BCUT2D eigenvalue weighted by atomic mass is 10.2. The van der Waals surface area contributed by atoms with Gasteiger partial charge in [-0.3, -0.25) is 0 Å². The molecule has 0 fully saturated rings. The van der Waals surface area contributed by atoms with E-state index in [0.717, 1.165) is 11.7 Å². The minimum Gasteiger partial charge on any atom is -0.303 e. The van der Waals surface area contributed by atoms with Crippen molar-refractivity contribution in [2.75, 3.05) is 25.4 Å². The zero-order valence-electron chi connectivity index (χ0n) is 8.01. The highest BCUT2D eigenvalue weighted by atomic mass is 32.1. The topological polar surface area (TPSA) is 3.24 Å². The quantitative estimate of drug-likeness (QED) is 0.606. The van der Waals surface area contributed by atoms with Gasteiger partial charge in [-0.05, 0) is 31.2 Å². The SMILES string of the molecule is CCN(CCCS)CC(C)C. The summed E-state index contributed by atoms with van der Waals surface area (Å²) in [7, 11) is 0. The molecule has 0 radical (unpaired) electrons. The Bertz CT molecular complexity index is 83.6. The van der Waals surface area contributed by atoms with Crippen LogP contribution >= 0.6 is 12.6 Å². The van der Waals surface area contributed by atoms with Crippen molar-refractivity contribution >= 4 is 12.6 Å². The Hall–Kier alpha value is 0.310. The highest BCUT2D eigenvalue weighted by Crippen LogP contribution is 1.99. The van der Waals surface area contributed by atoms with Crippen molar-refractivity contribution in [2.45, 2.75) is 27.2 Å². The van der Waals surface area contributed by atoms with E-state index in [4.69, 9.17) is 0 Å². The van der Waals surface area contributed by atoms with E-state index >= 15 is 0 Å². The normalized spacial score (nSPS) is 11.5. The molecular weight excluding hydrogens is 154 g/mol. The van der Waals surface area contributed by atoms with Crippen LogP contribution in [-0.2, 0) is 0 Å². The molecule has 0 rings (SSSR count). The zero-order valence-corrected chi connectivity index (χ0v) is 8.90. The molecule has 0 saturated carbocycles. The molecule has 0 aromatic rings. The first-order chi connectivity index (χ1) is 5.20. The minimum atomic E-state index is 0.787. The van der Waals surface area contributed by atoms with E-state index in [1.165, 1.54) is 26.1 Å². The third-order valence-electron chi connectivity index (χ3n) is 1.70. The molecule has 0 aliphatic heterocycles. The molecule has 11 heavy (non-hydrogen) atoms. The van der Waals surface area contributed by atoms with Crippen molar-refractivity contribution in [1.82, 2.24) is 4.90 Å². The minimum absolute atomic E-state index is 0.787. The molecule has 0 saturated heterocycles. The summed E-state index contributed by atoms with van der Waals surface area (Å²) < 4.78 is 0. The lowest BCUT2D eigenvalue weighted by Crippen LogP contribution is -2.28. The molecule has 0 unspecified atom stereocenters. The van der Waals surface area contributed by atoms with Crippen molar-refractivity contribution in [1.29, 1.82) is 0 Å². The predicted molar refractivity (Wildman–Crippen MR) is 55.4 cm³/mol. The van der Waals surface area contributed by atoms with Crippen LogP contribution in [0.1, 0.15) is 27.2 Å². The molecule has 68 valence electrons. The third-order valence-corrected chi connectivity index (χ3v) is 2.02. The van der Waals surface area contributed by atoms with Gasteiger partial charge in [-0.25, -0.2) is 0 Å². The molecule has 0 heterocycles. The maximum absolute atomic E-state index is 4.20. The Morgan fingerprint density at radius 3 is 2.36 bits per heavy atom. The Labute approximate surface area is 76.6 Å². The second-order valence-corrected chi connectivity index (χ2v) is 3.81. The summed E-state index contributed by atoms with van der Waals surface area (Å²) in [5, 5.41) is 0. The third kappa shape index (κ3) is 6.70. The highest BCUT2D eigenvalue weighted by Gasteiger charge is 2.02. The number of hydrogen-bond donors (Lipinski definition) is 1. The van der Waals surface area contributed by atoms with Gasteiger partial charge in [0.15, 0.2) is 0 Å². The van der Waals surface area contributed by atoms with Crippen molar-refractivity contribution in [3.8, 4) is 0 Å². The highest BCUT2D eigenvalue weighted by molar-refractivity contribution is 7.80. The average Bonchev–Trinajstić information content (AvgIpc) is 1.97. The van der Waals surface area contributed by atoms with E-state index < -0.39 is 0 Å². The molecule has 1 nitrogen and oxygen atoms in total. The van der Waals surface area contributed by atoms with Gasteiger partial charge in [-0.1, -0.05) is 20.8 Å². The zero-order chi connectivity index (χ0) is 8.69. The number of rotatable bonds is 6. The van der Waals surface area contributed by atoms with Crippen LogP contribution in [0.2, 0.25) is 0 Å². The molecule has 2 heteroatoms. The fourth-order valence-corrected chi connectivity index (χ4v) is 1.33. The predicted octanol–water partition coefficient (Wildman–Crippen LogP) is 2.28. The van der Waals surface area contributed by atoms with Crippen LogP contribution in [0.3, 0.4) is 0 Å². The van der Waals surface area contributed by atoms with Crippen LogP contribution in [0.5, 0.6) is 0 Å². The standard InChI is InChI=1S/C9H21NS/c1-4-10(6-5-7-11)8-9(2)3/h9,11H,4-8H2,1-3H3. The van der Waals surface area contributed by atoms with Crippen LogP contribution in [0, 0.1) is 5.92 Å². The van der Waals surface area contributed by atoms with Crippen molar-refractivity contribution in [3.63, 3.8) is 0 Å². The van der Waals surface area contributed by atoms with E-state index in [9.17, 15) is 0 Å². The molecule has 0 aliphatic carbocycles. The lowest BCUT2D eigenvalue weighted by Gasteiger charge is -2.21. The number of hydrogen-bond acceptors (Lipinski definition) is 2. The van der Waals surface area contributed by atoms with Crippen molar-refractivity contribution < 1.29 is 0 Å². The average molecular weight is 175 g/mol. The smallest absolute Gasteiger partial charge is 0.000427 e. The number of nitrogens with zero attached hydrogens (tertiary/aromatic N) is 1. The maximum atomic E-state index is 4.20. The first-order valence-electron chi connectivity index (χ1n) is 4.53. The van der Waals surface area contributed by atoms with Gasteiger partial charge in [0.25, 0.3) is 0 Å². The summed E-state index contributed by atoms with van der Waals surface area (Å²) in [6.45, 7) is 10.4. The Balaban J connectivity index is 3.41. The first-order valence-corrected chi connectivity index (χ1v) is 5.17. The van der Waals surface area contributed by atoms with Crippen molar-refractivity contribution in [3.05, 3.63) is 0 Å². The maximum Gasteiger partial charge on any atom is 0.000427 e. The molecule has 0 aromatic carbocycles. The Morgan fingerprint density at radius 1 is 1.36 bits per heavy atom. The van der Waals surface area contributed by atoms with Crippen LogP contribution < -0.4 is 0 Å². The van der Waals surface area contributed by atoms with Crippen molar-refractivity contribution in [2.24, 2.45) is 5.92 Å². The van der Waals surface area contributed by atoms with E-state index in [0.29, 0.717) is 0 Å². The summed E-state index contributed by atoms with van der Waals surface area (Å²) in [4.78, 5) is 2.49. The number of thiol groups is 1. The fraction of sp³-hybridized carbons (Fsp3) is 1.00. The van der Waals surface area contributed by atoms with E-state index in [1.54, 1.807) is 0 Å². The van der Waals surface area contributed by atoms with Gasteiger partial charge in [0.1, 0.15) is 0 Å². The van der Waals surface area contributed by atoms with Gasteiger partial charge in [0, 0.05) is 6.54 Å². The van der Waals surface area contributed by atoms with Crippen LogP contribution in [0.15, 0.2) is 0 Å². The van der Waals surface area contributed by atoms with Gasteiger partial charge in [-0.2, -0.15) is 12.6 Å². The van der Waals surface area contributed by atoms with Gasteiger partial charge in [0.2, 0.25) is 0 Å². The summed E-state index contributed by atoms with van der Waals surface area (Å²) in [5.74, 6) is 1.80. The van der Waals surface area contributed by atoms with Gasteiger partial charge < -0.3 is 4.90 Å². The van der Waals surface area contributed by atoms with Gasteiger partial charge in [-0.15, -0.1) is 0 Å². The summed E-state index contributed by atoms with van der Waals surface area (Å²) in [6.07, 6.45) is 1.21. The monoisotopic (exact) mass is 175 g/mol. The van der Waals surface area contributed by atoms with Gasteiger partial charge in [0.05, 0.1) is 0 Å². The van der Waals surface area contributed by atoms with E-state index in [-0.39, 0.29) is 0 Å². The molecule has 0 atom stereocenters. The summed E-state index contributed by atoms with van der Waals surface area (Å²) in [5.41, 5.74) is 0. The molecule has 0 spiro atoms. The van der Waals surface area contributed by atoms with Gasteiger partial charge >= 0.3 is 0 Å². The van der Waals surface area contributed by atoms with E-state index in [2.05, 4.69) is 38.3 Å². The Kier molecular flexibility index (Phi) is 7.18. The van der Waals surface area contributed by atoms with Crippen LogP contribution in [0.4, 0.5) is 0 Å². The Morgan fingerprint density at radius 2 is 2.00 bits per heavy atom. The second-order valence-electron chi connectivity index (χ2n) is 3.36. The fourth-order valence-electron chi connectivity index (χ4n) is 1.19. The molecule has 0 aromatic heterocycles. The summed E-state index contributed by atoms with van der Waals surface area (Å²) >= 11 is 4.20. The second kappa shape index (κ2) is 6.99. The molecule has 0 aliphatic rings. The largest absolute Gasteiger partial charge is 0.303 e. The molecule has 0 N–H and O–H groups in total. The molecular formula is C9H21NS. The first kappa shape index (κ1) is 11.3.